The molecule has 2 saturated heterocycles. The highest BCUT2D eigenvalue weighted by Gasteiger charge is 2.53. The number of allylic oxidation sites excluding steroid dienone is 2. The summed E-state index contributed by atoms with van der Waals surface area (Å²) in [5.74, 6) is -6.25. The van der Waals surface area contributed by atoms with E-state index in [1.54, 1.807) is 51.7 Å². The summed E-state index contributed by atoms with van der Waals surface area (Å²) in [5.41, 5.74) is -0.977. The number of nitrogens with zero attached hydrogens (tertiary/aromatic N) is 4. The molecule has 9 atom stereocenters. The minimum Gasteiger partial charge on any atom is -0.507 e. The van der Waals surface area contributed by atoms with Gasteiger partial charge in [0, 0.05) is 92.9 Å². The molecule has 0 aliphatic carbocycles. The molecule has 0 saturated carbocycles. The van der Waals surface area contributed by atoms with Gasteiger partial charge in [0.05, 0.1) is 40.9 Å². The van der Waals surface area contributed by atoms with Crippen LogP contribution in [0.3, 0.4) is 0 Å². The molecule has 17 nitrogen and oxygen atoms in total. The minimum absolute atomic E-state index is 0.0225. The number of hydrogen-bond acceptors (Lipinski definition) is 15. The van der Waals surface area contributed by atoms with Crippen molar-refractivity contribution >= 4 is 40.0 Å². The fourth-order valence-electron chi connectivity index (χ4n) is 10.6. The van der Waals surface area contributed by atoms with Crippen molar-refractivity contribution < 1.29 is 58.6 Å². The summed E-state index contributed by atoms with van der Waals surface area (Å²) in [6, 6.07) is 0. The molecule has 5 N–H and O–H groups in total. The Hall–Kier alpha value is -5.80. The van der Waals surface area contributed by atoms with E-state index in [0.29, 0.717) is 44.9 Å². The Bertz CT molecular complexity index is 2660. The summed E-state index contributed by atoms with van der Waals surface area (Å²) < 4.78 is 24.3. The number of fused-ring (bicyclic) bond motifs is 13. The summed E-state index contributed by atoms with van der Waals surface area (Å²) in [7, 11) is 1.41. The van der Waals surface area contributed by atoms with Gasteiger partial charge in [0.15, 0.2) is 11.4 Å². The number of carbonyl (C=O) groups is 4. The van der Waals surface area contributed by atoms with Crippen LogP contribution in [0.4, 0.5) is 5.69 Å². The molecular weight excluding hydrogens is 899 g/mol. The fourth-order valence-corrected chi connectivity index (χ4v) is 10.6. The topological polar surface area (TPSA) is 229 Å². The number of carbonyl (C=O) groups excluding carboxylic acids is 4. The highest BCUT2D eigenvalue weighted by molar-refractivity contribution is 6.20. The third-order valence-corrected chi connectivity index (χ3v) is 14.8. The molecule has 2 fully saturated rings. The second-order valence-corrected chi connectivity index (χ2v) is 20.3. The highest BCUT2D eigenvalue weighted by Crippen LogP contribution is 2.50. The SMILES string of the molecule is C#C[C@@]12O/C=C/[C@H](OC)[C@@H](C)[C@@H](OC(=O)CC(=O)N3CCCCC3)[C@H](C)[C@H](O)[C@H](C)[C@@H](O)[C@@H](C)/C=C/C=C(/C)C(=O)Nc3c(O)c4c(O)c(C)c(c(c4c4c3=NC3(CCN(CC(C)C)CC3)N=4)C1=O)O2. The van der Waals surface area contributed by atoms with Crippen LogP contribution in [0.25, 0.3) is 10.8 Å². The molecule has 17 heteroatoms. The zero-order chi connectivity index (χ0) is 51.0. The number of benzene rings is 2. The Morgan fingerprint density at radius 2 is 1.60 bits per heavy atom. The molecule has 6 heterocycles. The maximum absolute atomic E-state index is 15.0. The maximum atomic E-state index is 15.0. The quantitative estimate of drug-likeness (QED) is 0.114. The number of phenols is 2. The van der Waals surface area contributed by atoms with Gasteiger partial charge >= 0.3 is 11.8 Å². The molecule has 0 radical (unpaired) electrons. The van der Waals surface area contributed by atoms with Crippen LogP contribution in [0.5, 0.6) is 17.2 Å². The first-order chi connectivity index (χ1) is 33.2. The summed E-state index contributed by atoms with van der Waals surface area (Å²) in [4.78, 5) is 70.1. The van der Waals surface area contributed by atoms with Crippen molar-refractivity contribution in [3.05, 3.63) is 58.0 Å². The normalized spacial score (nSPS) is 31.1. The number of aromatic hydroxyl groups is 2. The average Bonchev–Trinajstić information content (AvgIpc) is 3.86. The van der Waals surface area contributed by atoms with Crippen molar-refractivity contribution in [2.24, 2.45) is 39.6 Å². The number of rotatable bonds is 6. The Morgan fingerprint density at radius 3 is 2.24 bits per heavy atom. The zero-order valence-electron chi connectivity index (χ0n) is 41.8. The monoisotopic (exact) mass is 967 g/mol. The van der Waals surface area contributed by atoms with E-state index in [-0.39, 0.29) is 55.5 Å². The van der Waals surface area contributed by atoms with E-state index in [1.807, 2.05) is 0 Å². The van der Waals surface area contributed by atoms with Crippen LogP contribution in [0.2, 0.25) is 0 Å². The van der Waals surface area contributed by atoms with Crippen molar-refractivity contribution in [1.82, 2.24) is 9.80 Å². The molecule has 6 aliphatic heterocycles. The number of nitrogens with one attached hydrogen (secondary N) is 1. The van der Waals surface area contributed by atoms with Crippen molar-refractivity contribution in [1.29, 1.82) is 0 Å². The van der Waals surface area contributed by atoms with E-state index in [0.717, 1.165) is 32.1 Å². The first kappa shape index (κ1) is 52.0. The Balaban J connectivity index is 1.35. The molecule has 5 bridgehead atoms. The largest absolute Gasteiger partial charge is 0.507 e. The number of ketones is 1. The Labute approximate surface area is 409 Å². The number of esters is 1. The number of ether oxygens (including phenoxy) is 4. The van der Waals surface area contributed by atoms with E-state index in [9.17, 15) is 39.6 Å². The Morgan fingerprint density at radius 1 is 0.929 bits per heavy atom. The zero-order valence-corrected chi connectivity index (χ0v) is 41.8. The number of aliphatic hydroxyl groups is 2. The summed E-state index contributed by atoms with van der Waals surface area (Å²) in [6.45, 7) is 17.5. The predicted octanol–water partition coefficient (Wildman–Crippen LogP) is 4.75. The number of anilines is 1. The van der Waals surface area contributed by atoms with Gasteiger partial charge in [-0.3, -0.25) is 29.2 Å². The lowest BCUT2D eigenvalue weighted by Gasteiger charge is -2.38. The third kappa shape index (κ3) is 9.93. The third-order valence-electron chi connectivity index (χ3n) is 14.8. The van der Waals surface area contributed by atoms with Gasteiger partial charge < -0.3 is 54.5 Å². The number of likely N-dealkylation sites (tertiary alicyclic amines) is 2. The van der Waals surface area contributed by atoms with Gasteiger partial charge in [0.2, 0.25) is 5.91 Å². The van der Waals surface area contributed by atoms with Crippen LogP contribution in [0.1, 0.15) is 103 Å². The van der Waals surface area contributed by atoms with Crippen LogP contribution in [0, 0.1) is 48.9 Å². The highest BCUT2D eigenvalue weighted by atomic mass is 16.7. The number of methoxy groups -OCH3 is 1. The summed E-state index contributed by atoms with van der Waals surface area (Å²) >= 11 is 0. The van der Waals surface area contributed by atoms with Crippen LogP contribution >= 0.6 is 0 Å². The Kier molecular flexibility index (Phi) is 15.5. The van der Waals surface area contributed by atoms with Gasteiger partial charge in [-0.15, -0.1) is 6.42 Å². The van der Waals surface area contributed by atoms with Crippen LogP contribution in [-0.2, 0) is 28.6 Å². The van der Waals surface area contributed by atoms with Crippen molar-refractivity contribution in [2.45, 2.75) is 130 Å². The number of aliphatic hydroxyl groups excluding tert-OH is 2. The van der Waals surface area contributed by atoms with E-state index in [4.69, 9.17) is 35.4 Å². The molecule has 2 aromatic rings. The van der Waals surface area contributed by atoms with Crippen molar-refractivity contribution in [3.8, 4) is 29.6 Å². The van der Waals surface area contributed by atoms with Gasteiger partial charge in [0.1, 0.15) is 35.1 Å². The molecule has 378 valence electrons. The standard InChI is InChI=1S/C53H69N5O12/c1-11-53-50(65)40-38-39(46(63)34(9)49(40)70-53)47(64)43(42-41(38)55-52(56-42)19-23-57(24-20-52)27-28(2)3)54-51(66)30(5)17-15-16-29(4)44(61)32(7)45(62)33(8)48(31(6)35(67-10)18-25-68-53)69-37(60)26-36(59)58-21-13-12-14-22-58/h1,15-18,25,28-29,31-33,35,44-45,48,61-64H,12-14,19-24,26-27H2,2-10H3,(H,54,66)/b16-15+,25-18+,30-17-/t29-,31+,32+,33+,35-,44-,45+,48+,53-/m0/s1. The smallest absolute Gasteiger partial charge is 0.383 e. The predicted molar refractivity (Wildman–Crippen MR) is 260 cm³/mol. The second kappa shape index (κ2) is 20.9. The van der Waals surface area contributed by atoms with Gasteiger partial charge in [-0.1, -0.05) is 59.8 Å². The minimum atomic E-state index is -2.44. The van der Waals surface area contributed by atoms with Gasteiger partial charge in [-0.25, -0.2) is 0 Å². The van der Waals surface area contributed by atoms with E-state index >= 15 is 0 Å². The number of Topliss-reactive ketones (excluding diaryl/α,β-unsaturated/α-hetero) is 1. The van der Waals surface area contributed by atoms with E-state index < -0.39 is 95.1 Å². The molecule has 0 aromatic heterocycles. The lowest BCUT2D eigenvalue weighted by Crippen LogP contribution is -2.47. The van der Waals surface area contributed by atoms with Crippen LogP contribution < -0.4 is 20.8 Å². The molecule has 2 amide bonds. The maximum Gasteiger partial charge on any atom is 0.383 e. The van der Waals surface area contributed by atoms with Crippen LogP contribution in [0.15, 0.2) is 46.1 Å². The first-order valence-corrected chi connectivity index (χ1v) is 24.5. The molecule has 70 heavy (non-hydrogen) atoms. The lowest BCUT2D eigenvalue weighted by molar-refractivity contribution is -0.165. The fraction of sp³-hybridized carbons (Fsp3) is 0.585. The first-order valence-electron chi connectivity index (χ1n) is 24.5. The summed E-state index contributed by atoms with van der Waals surface area (Å²) in [5, 5.41) is 50.6. The molecule has 0 unspecified atom stereocenters. The number of piperidine rings is 2. The van der Waals surface area contributed by atoms with E-state index in [1.165, 1.54) is 26.2 Å². The molecule has 2 aromatic carbocycles. The van der Waals surface area contributed by atoms with Crippen molar-refractivity contribution in [3.63, 3.8) is 0 Å². The number of phenolic OH excluding ortho intramolecular Hbond substituents is 2. The number of terminal acetylenes is 1. The molecule has 6 aliphatic rings. The lowest BCUT2D eigenvalue weighted by atomic mass is 9.78. The average molecular weight is 968 g/mol. The number of amides is 2. The second-order valence-electron chi connectivity index (χ2n) is 20.3. The molecule has 8 rings (SSSR count). The van der Waals surface area contributed by atoms with Gasteiger partial charge in [-0.2, -0.15) is 0 Å². The summed E-state index contributed by atoms with van der Waals surface area (Å²) in [6.07, 6.45) is 12.3. The van der Waals surface area contributed by atoms with E-state index in [2.05, 4.69) is 30.0 Å². The van der Waals surface area contributed by atoms with Gasteiger partial charge in [0.25, 0.3) is 11.7 Å². The van der Waals surface area contributed by atoms with Gasteiger partial charge in [-0.05, 0) is 51.0 Å². The number of hydrogen-bond donors (Lipinski definition) is 5. The van der Waals surface area contributed by atoms with Crippen LogP contribution in [-0.4, -0.2) is 129 Å². The van der Waals surface area contributed by atoms with Crippen molar-refractivity contribution in [2.75, 3.05) is 45.2 Å². The molecular formula is C53H69N5O12. The molecule has 1 spiro atoms.